The fourth-order valence-corrected chi connectivity index (χ4v) is 1.93. The van der Waals surface area contributed by atoms with Crippen LogP contribution in [0.15, 0.2) is 4.99 Å². The second kappa shape index (κ2) is 5.20. The first-order valence-electron chi connectivity index (χ1n) is 4.84. The van der Waals surface area contributed by atoms with Crippen molar-refractivity contribution in [2.24, 2.45) is 4.99 Å². The molecular weight excluding hydrogens is 420 g/mol. The topological polar surface area (TPSA) is 12.4 Å². The summed E-state index contributed by atoms with van der Waals surface area (Å²) in [5, 5.41) is 0. The molecule has 0 saturated heterocycles. The van der Waals surface area contributed by atoms with Gasteiger partial charge in [0, 0.05) is 0 Å². The van der Waals surface area contributed by atoms with Gasteiger partial charge in [-0.3, -0.25) is 4.99 Å². The van der Waals surface area contributed by atoms with E-state index in [9.17, 15) is 39.5 Å². The highest BCUT2D eigenvalue weighted by Gasteiger charge is 2.82. The van der Waals surface area contributed by atoms with Crippen molar-refractivity contribution in [3.63, 3.8) is 0 Å². The summed E-state index contributed by atoms with van der Waals surface area (Å²) in [6, 6.07) is 0. The van der Waals surface area contributed by atoms with E-state index in [1.165, 1.54) is 20.8 Å². The van der Waals surface area contributed by atoms with Gasteiger partial charge in [-0.25, -0.2) is 0 Å². The van der Waals surface area contributed by atoms with Gasteiger partial charge in [0.25, 0.3) is 0 Å². The molecule has 0 aromatic rings. The van der Waals surface area contributed by atoms with Crippen molar-refractivity contribution in [1.29, 1.82) is 0 Å². The standard InChI is InChI=1S/C9H9F9IN/c1-5(2,3)20-4(19)6(10,11)7(12,13)8(14,15)9(16,17)18/h1-3H3. The van der Waals surface area contributed by atoms with Crippen LogP contribution in [-0.2, 0) is 0 Å². The van der Waals surface area contributed by atoms with Gasteiger partial charge in [0.05, 0.1) is 5.54 Å². The molecule has 20 heavy (non-hydrogen) atoms. The normalized spacial score (nSPS) is 16.6. The Labute approximate surface area is 121 Å². The van der Waals surface area contributed by atoms with Crippen LogP contribution >= 0.6 is 22.6 Å². The van der Waals surface area contributed by atoms with Crippen LogP contribution in [0.25, 0.3) is 0 Å². The van der Waals surface area contributed by atoms with Crippen molar-refractivity contribution in [1.82, 2.24) is 0 Å². The number of halogens is 10. The van der Waals surface area contributed by atoms with Crippen molar-refractivity contribution in [2.75, 3.05) is 0 Å². The molecule has 11 heteroatoms. The first-order valence-corrected chi connectivity index (χ1v) is 5.92. The third-order valence-electron chi connectivity index (χ3n) is 1.84. The molecule has 0 aromatic heterocycles. The quantitative estimate of drug-likeness (QED) is 0.337. The number of hydrogen-bond donors (Lipinski definition) is 0. The Morgan fingerprint density at radius 1 is 0.750 bits per heavy atom. The predicted molar refractivity (Wildman–Crippen MR) is 62.1 cm³/mol. The van der Waals surface area contributed by atoms with Gasteiger partial charge in [0.1, 0.15) is 3.72 Å². The Morgan fingerprint density at radius 3 is 1.35 bits per heavy atom. The minimum absolute atomic E-state index is 0.522. The molecule has 0 aliphatic heterocycles. The number of nitrogens with zero attached hydrogens (tertiary/aromatic N) is 1. The molecule has 0 unspecified atom stereocenters. The summed E-state index contributed by atoms with van der Waals surface area (Å²) in [6.07, 6.45) is -6.82. The molecule has 0 aliphatic rings. The molecule has 0 N–H and O–H groups in total. The molecule has 0 radical (unpaired) electrons. The van der Waals surface area contributed by atoms with Crippen LogP contribution in [0, 0.1) is 0 Å². The third kappa shape index (κ3) is 3.50. The van der Waals surface area contributed by atoms with Gasteiger partial charge in [-0.1, -0.05) is 0 Å². The average Bonchev–Trinajstić information content (AvgIpc) is 2.12. The van der Waals surface area contributed by atoms with E-state index >= 15 is 0 Å². The van der Waals surface area contributed by atoms with Crippen molar-refractivity contribution < 1.29 is 39.5 Å². The fourth-order valence-electron chi connectivity index (χ4n) is 0.869. The van der Waals surface area contributed by atoms with Crippen LogP contribution in [0.3, 0.4) is 0 Å². The number of rotatable bonds is 3. The Kier molecular flexibility index (Phi) is 5.14. The molecule has 0 amide bonds. The highest BCUT2D eigenvalue weighted by Crippen LogP contribution is 2.54. The van der Waals surface area contributed by atoms with Crippen LogP contribution in [0.5, 0.6) is 0 Å². The van der Waals surface area contributed by atoms with Gasteiger partial charge in [-0.15, -0.1) is 0 Å². The largest absolute Gasteiger partial charge is 0.460 e. The van der Waals surface area contributed by atoms with Crippen molar-refractivity contribution in [3.8, 4) is 0 Å². The zero-order valence-corrected chi connectivity index (χ0v) is 12.4. The summed E-state index contributed by atoms with van der Waals surface area (Å²) in [4.78, 5) is 3.02. The highest BCUT2D eigenvalue weighted by atomic mass is 127. The molecule has 0 spiro atoms. The highest BCUT2D eigenvalue weighted by molar-refractivity contribution is 14.1. The summed E-state index contributed by atoms with van der Waals surface area (Å²) >= 11 is 0.522. The van der Waals surface area contributed by atoms with Crippen molar-refractivity contribution in [3.05, 3.63) is 0 Å². The lowest BCUT2D eigenvalue weighted by Crippen LogP contribution is -2.62. The van der Waals surface area contributed by atoms with Crippen LogP contribution in [0.1, 0.15) is 20.8 Å². The van der Waals surface area contributed by atoms with Crippen LogP contribution in [0.4, 0.5) is 39.5 Å². The molecule has 0 aliphatic carbocycles. The zero-order chi connectivity index (χ0) is 16.8. The summed E-state index contributed by atoms with van der Waals surface area (Å²) in [7, 11) is 0. The Bertz CT molecular complexity index is 391. The van der Waals surface area contributed by atoms with Crippen molar-refractivity contribution in [2.45, 2.75) is 50.3 Å². The summed E-state index contributed by atoms with van der Waals surface area (Å²) in [6.45, 7) is 3.55. The number of aliphatic imine (C=N–C) groups is 1. The summed E-state index contributed by atoms with van der Waals surface area (Å²) < 4.78 is 111. The number of hydrogen-bond acceptors (Lipinski definition) is 1. The SMILES string of the molecule is CC(C)(C)N=C(I)C(F)(F)C(F)(F)C(F)(F)C(F)(F)F. The average molecular weight is 429 g/mol. The fraction of sp³-hybridized carbons (Fsp3) is 0.889. The van der Waals surface area contributed by atoms with Gasteiger partial charge in [-0.2, -0.15) is 39.5 Å². The van der Waals surface area contributed by atoms with Crippen LogP contribution < -0.4 is 0 Å². The monoisotopic (exact) mass is 429 g/mol. The first kappa shape index (κ1) is 19.8. The maximum atomic E-state index is 13.3. The van der Waals surface area contributed by atoms with E-state index in [1.54, 1.807) is 0 Å². The van der Waals surface area contributed by atoms with E-state index < -0.39 is 33.2 Å². The molecular formula is C9H9F9IN. The van der Waals surface area contributed by atoms with E-state index in [0.29, 0.717) is 22.6 Å². The van der Waals surface area contributed by atoms with Crippen LogP contribution in [-0.4, -0.2) is 33.2 Å². The van der Waals surface area contributed by atoms with Gasteiger partial charge in [0.15, 0.2) is 0 Å². The summed E-state index contributed by atoms with van der Waals surface area (Å²) in [5.74, 6) is -19.3. The van der Waals surface area contributed by atoms with E-state index in [2.05, 4.69) is 4.99 Å². The second-order valence-corrected chi connectivity index (χ2v) is 5.82. The van der Waals surface area contributed by atoms with Gasteiger partial charge < -0.3 is 0 Å². The van der Waals surface area contributed by atoms with E-state index in [-0.39, 0.29) is 0 Å². The second-order valence-electron chi connectivity index (χ2n) is 4.79. The predicted octanol–water partition coefficient (Wildman–Crippen LogP) is 5.09. The Morgan fingerprint density at radius 2 is 1.10 bits per heavy atom. The third-order valence-corrected chi connectivity index (χ3v) is 2.76. The summed E-state index contributed by atoms with van der Waals surface area (Å²) in [5.41, 5.74) is -1.36. The molecule has 1 nitrogen and oxygen atoms in total. The minimum atomic E-state index is -6.90. The lowest BCUT2D eigenvalue weighted by atomic mass is 10.0. The van der Waals surface area contributed by atoms with E-state index in [4.69, 9.17) is 0 Å². The van der Waals surface area contributed by atoms with Crippen molar-refractivity contribution >= 4 is 26.3 Å². The maximum Gasteiger partial charge on any atom is 0.460 e. The van der Waals surface area contributed by atoms with Gasteiger partial charge >= 0.3 is 23.9 Å². The van der Waals surface area contributed by atoms with Gasteiger partial charge in [-0.05, 0) is 43.4 Å². The van der Waals surface area contributed by atoms with E-state index in [1.807, 2.05) is 0 Å². The molecule has 0 heterocycles. The van der Waals surface area contributed by atoms with Gasteiger partial charge in [0.2, 0.25) is 0 Å². The molecule has 120 valence electrons. The molecule has 0 atom stereocenters. The minimum Gasteiger partial charge on any atom is -0.271 e. The van der Waals surface area contributed by atoms with E-state index in [0.717, 1.165) is 0 Å². The van der Waals surface area contributed by atoms with Crippen LogP contribution in [0.2, 0.25) is 0 Å². The maximum absolute atomic E-state index is 13.3. The molecule has 0 fully saturated rings. The Hall–Kier alpha value is -0.230. The Balaban J connectivity index is 5.89. The molecule has 0 aromatic carbocycles. The number of alkyl halides is 9. The molecule has 0 bridgehead atoms. The first-order chi connectivity index (χ1) is 8.38. The zero-order valence-electron chi connectivity index (χ0n) is 10.2. The lowest BCUT2D eigenvalue weighted by molar-refractivity contribution is -0.384. The molecule has 0 rings (SSSR count). The molecule has 0 saturated carbocycles. The smallest absolute Gasteiger partial charge is 0.271 e. The lowest BCUT2D eigenvalue weighted by Gasteiger charge is -2.33.